The van der Waals surface area contributed by atoms with Gasteiger partial charge in [0.15, 0.2) is 5.78 Å². The number of phenols is 2. The second-order valence-corrected chi connectivity index (χ2v) is 5.26. The summed E-state index contributed by atoms with van der Waals surface area (Å²) in [5.74, 6) is 5.53. The Morgan fingerprint density at radius 2 is 1.21 bits per heavy atom. The molecule has 2 N–H and O–H groups in total. The van der Waals surface area contributed by atoms with E-state index in [2.05, 4.69) is 11.8 Å². The minimum absolute atomic E-state index is 0.149. The van der Waals surface area contributed by atoms with Crippen LogP contribution >= 0.6 is 0 Å². The number of carbonyl (C=O) groups is 1. The molecule has 0 aliphatic carbocycles. The van der Waals surface area contributed by atoms with Gasteiger partial charge in [-0.1, -0.05) is 30.0 Å². The highest BCUT2D eigenvalue weighted by Crippen LogP contribution is 2.22. The van der Waals surface area contributed by atoms with Crippen LogP contribution in [0.15, 0.2) is 72.8 Å². The normalized spacial score (nSPS) is 9.83. The molecule has 3 aromatic carbocycles. The van der Waals surface area contributed by atoms with Crippen molar-refractivity contribution in [3.05, 3.63) is 95.1 Å². The molecule has 0 radical (unpaired) electrons. The van der Waals surface area contributed by atoms with E-state index in [0.717, 1.165) is 11.1 Å². The van der Waals surface area contributed by atoms with Gasteiger partial charge >= 0.3 is 0 Å². The van der Waals surface area contributed by atoms with E-state index in [1.54, 1.807) is 24.3 Å². The minimum Gasteiger partial charge on any atom is -0.508 e. The molecule has 0 aliphatic heterocycles. The van der Waals surface area contributed by atoms with Crippen LogP contribution in [-0.2, 0) is 0 Å². The van der Waals surface area contributed by atoms with Gasteiger partial charge in [-0.2, -0.15) is 0 Å². The van der Waals surface area contributed by atoms with Crippen molar-refractivity contribution in [1.82, 2.24) is 0 Å². The maximum Gasteiger partial charge on any atom is 0.193 e. The molecule has 3 rings (SSSR count). The van der Waals surface area contributed by atoms with Crippen molar-refractivity contribution < 1.29 is 15.0 Å². The largest absolute Gasteiger partial charge is 0.508 e. The molecule has 0 spiro atoms. The van der Waals surface area contributed by atoms with Crippen LogP contribution < -0.4 is 0 Å². The second-order valence-electron chi connectivity index (χ2n) is 5.26. The predicted octanol–water partition coefficient (Wildman–Crippen LogP) is 3.73. The van der Waals surface area contributed by atoms with Crippen molar-refractivity contribution in [3.63, 3.8) is 0 Å². The lowest BCUT2D eigenvalue weighted by Crippen LogP contribution is -2.00. The van der Waals surface area contributed by atoms with Crippen molar-refractivity contribution in [2.45, 2.75) is 0 Å². The molecule has 0 saturated heterocycles. The lowest BCUT2D eigenvalue weighted by Gasteiger charge is -2.03. The average Bonchev–Trinajstić information content (AvgIpc) is 2.60. The number of phenolic OH excluding ortho intramolecular Hbond substituents is 2. The van der Waals surface area contributed by atoms with Crippen molar-refractivity contribution in [2.75, 3.05) is 0 Å². The van der Waals surface area contributed by atoms with E-state index < -0.39 is 0 Å². The van der Waals surface area contributed by atoms with Crippen LogP contribution in [0.5, 0.6) is 11.5 Å². The number of aromatic hydroxyl groups is 2. The van der Waals surface area contributed by atoms with Crippen molar-refractivity contribution >= 4 is 5.78 Å². The molecule has 0 atom stereocenters. The zero-order chi connectivity index (χ0) is 16.9. The number of rotatable bonds is 2. The minimum atomic E-state index is -0.274. The van der Waals surface area contributed by atoms with Gasteiger partial charge in [0, 0.05) is 28.3 Å². The molecule has 0 heterocycles. The highest BCUT2D eigenvalue weighted by molar-refractivity contribution is 6.09. The summed E-state index contributed by atoms with van der Waals surface area (Å²) < 4.78 is 0. The number of hydrogen-bond donors (Lipinski definition) is 2. The Balaban J connectivity index is 1.82. The summed E-state index contributed by atoms with van der Waals surface area (Å²) in [6, 6.07) is 20.4. The summed E-state index contributed by atoms with van der Waals surface area (Å²) in [5, 5.41) is 19.0. The summed E-state index contributed by atoms with van der Waals surface area (Å²) in [7, 11) is 0. The molecule has 3 aromatic rings. The van der Waals surface area contributed by atoms with Crippen LogP contribution in [0.4, 0.5) is 0 Å². The number of benzene rings is 3. The lowest BCUT2D eigenvalue weighted by molar-refractivity contribution is 0.103. The fourth-order valence-corrected chi connectivity index (χ4v) is 2.26. The number of carbonyl (C=O) groups excluding carboxylic acids is 1. The molecule has 0 aliphatic rings. The predicted molar refractivity (Wildman–Crippen MR) is 92.1 cm³/mol. The van der Waals surface area contributed by atoms with Crippen LogP contribution in [0.2, 0.25) is 0 Å². The number of ketones is 1. The van der Waals surface area contributed by atoms with Gasteiger partial charge in [0.25, 0.3) is 0 Å². The first kappa shape index (κ1) is 15.4. The monoisotopic (exact) mass is 314 g/mol. The molecule has 0 fully saturated rings. The summed E-state index contributed by atoms with van der Waals surface area (Å²) in [6.07, 6.45) is 0. The van der Waals surface area contributed by atoms with Crippen LogP contribution in [0, 0.1) is 11.8 Å². The second kappa shape index (κ2) is 6.72. The fourth-order valence-electron chi connectivity index (χ4n) is 2.26. The smallest absolute Gasteiger partial charge is 0.193 e. The maximum atomic E-state index is 12.4. The first-order valence-electron chi connectivity index (χ1n) is 7.37. The molecule has 3 nitrogen and oxygen atoms in total. The molecular weight excluding hydrogens is 300 g/mol. The van der Waals surface area contributed by atoms with E-state index >= 15 is 0 Å². The molecule has 0 saturated carbocycles. The van der Waals surface area contributed by atoms with Gasteiger partial charge in [0.2, 0.25) is 0 Å². The van der Waals surface area contributed by atoms with Gasteiger partial charge in [-0.05, 0) is 48.5 Å². The number of hydrogen-bond acceptors (Lipinski definition) is 3. The van der Waals surface area contributed by atoms with E-state index in [-0.39, 0.29) is 22.8 Å². The Morgan fingerprint density at radius 3 is 1.79 bits per heavy atom. The Kier molecular flexibility index (Phi) is 4.31. The SMILES string of the molecule is O=C(c1ccc(C#Cc2ccccc2)cc1)c1cc(O)cc(O)c1. The molecule has 116 valence electrons. The van der Waals surface area contributed by atoms with E-state index in [4.69, 9.17) is 0 Å². The summed E-state index contributed by atoms with van der Waals surface area (Å²) in [4.78, 5) is 12.4. The third-order valence-corrected chi connectivity index (χ3v) is 3.44. The van der Waals surface area contributed by atoms with Gasteiger partial charge in [0.1, 0.15) is 11.5 Å². The highest BCUT2D eigenvalue weighted by Gasteiger charge is 2.11. The Bertz CT molecular complexity index is 910. The summed E-state index contributed by atoms with van der Waals surface area (Å²) >= 11 is 0. The van der Waals surface area contributed by atoms with Gasteiger partial charge in [0.05, 0.1) is 0 Å². The van der Waals surface area contributed by atoms with Crippen molar-refractivity contribution in [2.24, 2.45) is 0 Å². The molecule has 0 aromatic heterocycles. The van der Waals surface area contributed by atoms with Crippen molar-refractivity contribution in [1.29, 1.82) is 0 Å². The first-order valence-corrected chi connectivity index (χ1v) is 7.37. The zero-order valence-electron chi connectivity index (χ0n) is 12.7. The fraction of sp³-hybridized carbons (Fsp3) is 0. The Morgan fingerprint density at radius 1 is 0.667 bits per heavy atom. The molecule has 0 bridgehead atoms. The third kappa shape index (κ3) is 3.63. The van der Waals surface area contributed by atoms with E-state index in [1.165, 1.54) is 18.2 Å². The molecule has 24 heavy (non-hydrogen) atoms. The van der Waals surface area contributed by atoms with Crippen LogP contribution in [-0.4, -0.2) is 16.0 Å². The van der Waals surface area contributed by atoms with Gasteiger partial charge in [-0.25, -0.2) is 0 Å². The average molecular weight is 314 g/mol. The van der Waals surface area contributed by atoms with Crippen LogP contribution in [0.3, 0.4) is 0 Å². The topological polar surface area (TPSA) is 57.5 Å². The van der Waals surface area contributed by atoms with Crippen molar-refractivity contribution in [3.8, 4) is 23.3 Å². The molecule has 0 unspecified atom stereocenters. The Labute approximate surface area is 139 Å². The Hall–Kier alpha value is -3.51. The summed E-state index contributed by atoms with van der Waals surface area (Å²) in [6.45, 7) is 0. The third-order valence-electron chi connectivity index (χ3n) is 3.44. The van der Waals surface area contributed by atoms with Gasteiger partial charge in [-0.3, -0.25) is 4.79 Å². The lowest BCUT2D eigenvalue weighted by atomic mass is 10.0. The quantitative estimate of drug-likeness (QED) is 0.560. The van der Waals surface area contributed by atoms with Crippen LogP contribution in [0.1, 0.15) is 27.0 Å². The first-order chi connectivity index (χ1) is 11.6. The van der Waals surface area contributed by atoms with E-state index in [1.807, 2.05) is 30.3 Å². The maximum absolute atomic E-state index is 12.4. The van der Waals surface area contributed by atoms with Gasteiger partial charge < -0.3 is 10.2 Å². The molecule has 0 amide bonds. The van der Waals surface area contributed by atoms with Gasteiger partial charge in [-0.15, -0.1) is 0 Å². The standard InChI is InChI=1S/C21H14O3/c22-19-12-18(13-20(23)14-19)21(24)17-10-8-16(9-11-17)7-6-15-4-2-1-3-5-15/h1-5,8-14,22-23H. The van der Waals surface area contributed by atoms with E-state index in [0.29, 0.717) is 5.56 Å². The molecule has 3 heteroatoms. The van der Waals surface area contributed by atoms with E-state index in [9.17, 15) is 15.0 Å². The summed E-state index contributed by atoms with van der Waals surface area (Å²) in [5.41, 5.74) is 2.42. The van der Waals surface area contributed by atoms with Crippen LogP contribution in [0.25, 0.3) is 0 Å². The molecular formula is C21H14O3. The zero-order valence-corrected chi connectivity index (χ0v) is 12.7. The highest BCUT2D eigenvalue weighted by atomic mass is 16.3.